The summed E-state index contributed by atoms with van der Waals surface area (Å²) in [4.78, 5) is 4.43. The minimum atomic E-state index is 0.564. The molecule has 1 aromatic heterocycles. The number of aryl methyl sites for hydroxylation is 1. The molecular formula is C17H24N2OS. The SMILES string of the molecule is COCCNCC(Cc1nccs1)Cc1ccccc1C. The highest BCUT2D eigenvalue weighted by atomic mass is 32.1. The van der Waals surface area contributed by atoms with E-state index in [1.165, 1.54) is 16.1 Å². The van der Waals surface area contributed by atoms with Crippen LogP contribution >= 0.6 is 11.3 Å². The van der Waals surface area contributed by atoms with Gasteiger partial charge in [0.15, 0.2) is 0 Å². The first kappa shape index (κ1) is 16.1. The molecule has 21 heavy (non-hydrogen) atoms. The fourth-order valence-electron chi connectivity index (χ4n) is 2.45. The molecule has 0 aliphatic heterocycles. The number of methoxy groups -OCH3 is 1. The quantitative estimate of drug-likeness (QED) is 0.723. The molecule has 3 nitrogen and oxygen atoms in total. The highest BCUT2D eigenvalue weighted by Crippen LogP contribution is 2.18. The van der Waals surface area contributed by atoms with Gasteiger partial charge in [0, 0.05) is 31.7 Å². The van der Waals surface area contributed by atoms with E-state index in [2.05, 4.69) is 46.9 Å². The Bertz CT molecular complexity index is 513. The number of nitrogens with zero attached hydrogens (tertiary/aromatic N) is 1. The number of ether oxygens (including phenoxy) is 1. The summed E-state index contributed by atoms with van der Waals surface area (Å²) in [6, 6.07) is 8.65. The molecule has 1 N–H and O–H groups in total. The van der Waals surface area contributed by atoms with Gasteiger partial charge in [0.05, 0.1) is 11.6 Å². The van der Waals surface area contributed by atoms with E-state index in [1.54, 1.807) is 18.4 Å². The molecule has 1 atom stereocenters. The molecule has 0 radical (unpaired) electrons. The Kier molecular flexibility index (Phi) is 6.86. The standard InChI is InChI=1S/C17H24N2OS/c1-14-5-3-4-6-16(14)11-15(13-18-7-9-20-2)12-17-19-8-10-21-17/h3-6,8,10,15,18H,7,9,11-13H2,1-2H3. The number of nitrogens with one attached hydrogen (secondary N) is 1. The molecule has 0 saturated heterocycles. The van der Waals surface area contributed by atoms with Gasteiger partial charge >= 0.3 is 0 Å². The third-order valence-electron chi connectivity index (χ3n) is 3.63. The van der Waals surface area contributed by atoms with Gasteiger partial charge in [-0.25, -0.2) is 4.98 Å². The predicted molar refractivity (Wildman–Crippen MR) is 88.9 cm³/mol. The summed E-state index contributed by atoms with van der Waals surface area (Å²) in [7, 11) is 1.74. The van der Waals surface area contributed by atoms with Crippen molar-refractivity contribution in [2.45, 2.75) is 19.8 Å². The summed E-state index contributed by atoms with van der Waals surface area (Å²) in [6.07, 6.45) is 4.02. The number of rotatable bonds is 9. The van der Waals surface area contributed by atoms with Gasteiger partial charge in [0.25, 0.3) is 0 Å². The molecule has 0 amide bonds. The van der Waals surface area contributed by atoms with E-state index < -0.39 is 0 Å². The Morgan fingerprint density at radius 3 is 2.86 bits per heavy atom. The van der Waals surface area contributed by atoms with Crippen LogP contribution in [-0.4, -0.2) is 31.8 Å². The second-order valence-electron chi connectivity index (χ2n) is 5.32. The van der Waals surface area contributed by atoms with Crippen molar-refractivity contribution in [3.05, 3.63) is 52.0 Å². The van der Waals surface area contributed by atoms with Crippen LogP contribution in [0, 0.1) is 12.8 Å². The fraction of sp³-hybridized carbons (Fsp3) is 0.471. The van der Waals surface area contributed by atoms with Crippen molar-refractivity contribution in [1.29, 1.82) is 0 Å². The Morgan fingerprint density at radius 1 is 1.29 bits per heavy atom. The molecule has 114 valence electrons. The van der Waals surface area contributed by atoms with Gasteiger partial charge in [-0.3, -0.25) is 0 Å². The van der Waals surface area contributed by atoms with Crippen molar-refractivity contribution in [3.63, 3.8) is 0 Å². The largest absolute Gasteiger partial charge is 0.383 e. The number of hydrogen-bond acceptors (Lipinski definition) is 4. The number of benzene rings is 1. The Balaban J connectivity index is 1.95. The van der Waals surface area contributed by atoms with Crippen LogP contribution in [0.5, 0.6) is 0 Å². The molecule has 0 aliphatic rings. The maximum absolute atomic E-state index is 5.09. The minimum absolute atomic E-state index is 0.564. The summed E-state index contributed by atoms with van der Waals surface area (Å²) in [6.45, 7) is 4.85. The van der Waals surface area contributed by atoms with Crippen molar-refractivity contribution in [1.82, 2.24) is 10.3 Å². The number of aromatic nitrogens is 1. The van der Waals surface area contributed by atoms with E-state index >= 15 is 0 Å². The van der Waals surface area contributed by atoms with Crippen LogP contribution < -0.4 is 5.32 Å². The third-order valence-corrected chi connectivity index (χ3v) is 4.43. The molecule has 0 bridgehead atoms. The summed E-state index contributed by atoms with van der Waals surface area (Å²) in [5, 5.41) is 6.77. The monoisotopic (exact) mass is 304 g/mol. The van der Waals surface area contributed by atoms with Crippen LogP contribution in [0.2, 0.25) is 0 Å². The minimum Gasteiger partial charge on any atom is -0.383 e. The van der Waals surface area contributed by atoms with Gasteiger partial charge in [-0.15, -0.1) is 11.3 Å². The first-order valence-corrected chi connectivity index (χ1v) is 8.30. The second kappa shape index (κ2) is 8.93. The molecule has 1 aromatic carbocycles. The molecular weight excluding hydrogens is 280 g/mol. The lowest BCUT2D eigenvalue weighted by molar-refractivity contribution is 0.197. The van der Waals surface area contributed by atoms with Gasteiger partial charge in [-0.05, 0) is 36.9 Å². The van der Waals surface area contributed by atoms with E-state index in [1.807, 2.05) is 6.20 Å². The van der Waals surface area contributed by atoms with Gasteiger partial charge in [-0.1, -0.05) is 24.3 Å². The van der Waals surface area contributed by atoms with Crippen LogP contribution in [0.4, 0.5) is 0 Å². The van der Waals surface area contributed by atoms with Crippen LogP contribution in [0.3, 0.4) is 0 Å². The fourth-order valence-corrected chi connectivity index (χ4v) is 3.18. The zero-order valence-electron chi connectivity index (χ0n) is 12.8. The third kappa shape index (κ3) is 5.58. The van der Waals surface area contributed by atoms with Crippen molar-refractivity contribution in [2.24, 2.45) is 5.92 Å². The van der Waals surface area contributed by atoms with Gasteiger partial charge in [0.1, 0.15) is 0 Å². The highest BCUT2D eigenvalue weighted by Gasteiger charge is 2.13. The zero-order chi connectivity index (χ0) is 14.9. The smallest absolute Gasteiger partial charge is 0.0928 e. The average molecular weight is 304 g/mol. The van der Waals surface area contributed by atoms with Crippen molar-refractivity contribution in [3.8, 4) is 0 Å². The summed E-state index contributed by atoms with van der Waals surface area (Å²) in [5.41, 5.74) is 2.81. The summed E-state index contributed by atoms with van der Waals surface area (Å²) < 4.78 is 5.09. The van der Waals surface area contributed by atoms with Crippen molar-refractivity contribution >= 4 is 11.3 Å². The van der Waals surface area contributed by atoms with Gasteiger partial charge in [0.2, 0.25) is 0 Å². The Labute approximate surface area is 131 Å². The summed E-state index contributed by atoms with van der Waals surface area (Å²) >= 11 is 1.75. The van der Waals surface area contributed by atoms with Crippen LogP contribution in [0.1, 0.15) is 16.1 Å². The van der Waals surface area contributed by atoms with Gasteiger partial charge in [-0.2, -0.15) is 0 Å². The molecule has 1 heterocycles. The molecule has 0 fully saturated rings. The molecule has 0 saturated carbocycles. The van der Waals surface area contributed by atoms with Crippen LogP contribution in [0.25, 0.3) is 0 Å². The molecule has 1 unspecified atom stereocenters. The first-order chi connectivity index (χ1) is 10.3. The number of thiazole rings is 1. The van der Waals surface area contributed by atoms with E-state index in [0.717, 1.165) is 32.5 Å². The van der Waals surface area contributed by atoms with E-state index in [9.17, 15) is 0 Å². The molecule has 2 rings (SSSR count). The van der Waals surface area contributed by atoms with Crippen LogP contribution in [-0.2, 0) is 17.6 Å². The normalized spacial score (nSPS) is 12.5. The van der Waals surface area contributed by atoms with E-state index in [4.69, 9.17) is 4.74 Å². The van der Waals surface area contributed by atoms with Gasteiger partial charge < -0.3 is 10.1 Å². The maximum atomic E-state index is 5.09. The zero-order valence-corrected chi connectivity index (χ0v) is 13.7. The molecule has 4 heteroatoms. The predicted octanol–water partition coefficient (Wildman–Crippen LogP) is 3.09. The second-order valence-corrected chi connectivity index (χ2v) is 6.30. The Hall–Kier alpha value is -1.23. The molecule has 2 aromatic rings. The topological polar surface area (TPSA) is 34.1 Å². The van der Waals surface area contributed by atoms with Crippen LogP contribution in [0.15, 0.2) is 35.8 Å². The lowest BCUT2D eigenvalue weighted by Crippen LogP contribution is -2.28. The lowest BCUT2D eigenvalue weighted by Gasteiger charge is -2.18. The molecule has 0 spiro atoms. The maximum Gasteiger partial charge on any atom is 0.0928 e. The van der Waals surface area contributed by atoms with E-state index in [-0.39, 0.29) is 0 Å². The van der Waals surface area contributed by atoms with E-state index in [0.29, 0.717) is 5.92 Å². The number of hydrogen-bond donors (Lipinski definition) is 1. The highest BCUT2D eigenvalue weighted by molar-refractivity contribution is 7.09. The van der Waals surface area contributed by atoms with Crippen molar-refractivity contribution < 1.29 is 4.74 Å². The first-order valence-electron chi connectivity index (χ1n) is 7.42. The lowest BCUT2D eigenvalue weighted by atomic mass is 9.93. The Morgan fingerprint density at radius 2 is 2.14 bits per heavy atom. The van der Waals surface area contributed by atoms with Crippen molar-refractivity contribution in [2.75, 3.05) is 26.8 Å². The summed E-state index contributed by atoms with van der Waals surface area (Å²) in [5.74, 6) is 0.564. The molecule has 0 aliphatic carbocycles. The average Bonchev–Trinajstić information content (AvgIpc) is 2.99.